The molecule has 0 aliphatic heterocycles. The molecule has 2 heterocycles. The summed E-state index contributed by atoms with van der Waals surface area (Å²) < 4.78 is 27.6. The number of nitrogens with zero attached hydrogens (tertiary/aromatic N) is 1. The molecule has 0 atom stereocenters. The molecular formula is C14H17N3O2S2. The maximum absolute atomic E-state index is 12.3. The van der Waals surface area contributed by atoms with Gasteiger partial charge in [-0.05, 0) is 44.0 Å². The van der Waals surface area contributed by atoms with Crippen molar-refractivity contribution in [1.82, 2.24) is 10.3 Å². The van der Waals surface area contributed by atoms with Crippen LogP contribution in [0, 0.1) is 6.92 Å². The molecule has 0 unspecified atom stereocenters. The van der Waals surface area contributed by atoms with Crippen molar-refractivity contribution < 1.29 is 8.42 Å². The fourth-order valence-electron chi connectivity index (χ4n) is 1.94. The van der Waals surface area contributed by atoms with Crippen LogP contribution in [0.25, 0.3) is 0 Å². The van der Waals surface area contributed by atoms with Gasteiger partial charge in [-0.15, -0.1) is 11.3 Å². The van der Waals surface area contributed by atoms with E-state index >= 15 is 0 Å². The molecule has 1 aliphatic rings. The lowest BCUT2D eigenvalue weighted by molar-refractivity contribution is 0.603. The maximum Gasteiger partial charge on any atom is 0.271 e. The Hall–Kier alpha value is -1.44. The van der Waals surface area contributed by atoms with Crippen molar-refractivity contribution in [2.24, 2.45) is 0 Å². The van der Waals surface area contributed by atoms with Crippen LogP contribution in [-0.4, -0.2) is 19.4 Å². The number of aryl methyl sites for hydroxylation is 1. The number of aromatic nitrogens is 1. The Labute approximate surface area is 128 Å². The van der Waals surface area contributed by atoms with Crippen molar-refractivity contribution in [2.45, 2.75) is 36.6 Å². The molecule has 112 valence electrons. The fourth-order valence-corrected chi connectivity index (χ4v) is 4.30. The highest BCUT2D eigenvalue weighted by Crippen LogP contribution is 2.25. The molecule has 1 aliphatic carbocycles. The van der Waals surface area contributed by atoms with E-state index in [0.717, 1.165) is 17.1 Å². The van der Waals surface area contributed by atoms with E-state index in [2.05, 4.69) is 15.0 Å². The number of thiophene rings is 1. The summed E-state index contributed by atoms with van der Waals surface area (Å²) in [6.45, 7) is 2.56. The van der Waals surface area contributed by atoms with Gasteiger partial charge in [0.15, 0.2) is 0 Å². The highest BCUT2D eigenvalue weighted by Gasteiger charge is 2.21. The molecule has 0 radical (unpaired) electrons. The van der Waals surface area contributed by atoms with Crippen LogP contribution in [-0.2, 0) is 16.6 Å². The van der Waals surface area contributed by atoms with Crippen LogP contribution in [0.1, 0.15) is 23.4 Å². The minimum atomic E-state index is -3.52. The van der Waals surface area contributed by atoms with Gasteiger partial charge in [-0.1, -0.05) is 0 Å². The van der Waals surface area contributed by atoms with Crippen LogP contribution in [0.5, 0.6) is 0 Å². The van der Waals surface area contributed by atoms with Gasteiger partial charge in [0, 0.05) is 29.4 Å². The van der Waals surface area contributed by atoms with Crippen molar-refractivity contribution in [1.29, 1.82) is 0 Å². The number of hydrogen-bond acceptors (Lipinski definition) is 5. The molecule has 0 bridgehead atoms. The SMILES string of the molecule is Cc1cc(NS(=O)(=O)c2ccc(CNC3CC3)s2)ccn1. The van der Waals surface area contributed by atoms with Gasteiger partial charge in [0.1, 0.15) is 4.21 Å². The number of sulfonamides is 1. The second-order valence-corrected chi connectivity index (χ2v) is 8.24. The maximum atomic E-state index is 12.3. The molecule has 2 N–H and O–H groups in total. The molecule has 7 heteroatoms. The zero-order valence-electron chi connectivity index (χ0n) is 11.7. The van der Waals surface area contributed by atoms with Crippen molar-refractivity contribution >= 4 is 27.0 Å². The van der Waals surface area contributed by atoms with E-state index in [0.29, 0.717) is 15.9 Å². The average molecular weight is 323 g/mol. The zero-order valence-corrected chi connectivity index (χ0v) is 13.3. The second-order valence-electron chi connectivity index (χ2n) is 5.17. The van der Waals surface area contributed by atoms with E-state index in [1.165, 1.54) is 24.2 Å². The lowest BCUT2D eigenvalue weighted by Gasteiger charge is -2.06. The average Bonchev–Trinajstić information content (AvgIpc) is 3.12. The van der Waals surface area contributed by atoms with Gasteiger partial charge < -0.3 is 5.32 Å². The van der Waals surface area contributed by atoms with Crippen LogP contribution < -0.4 is 10.0 Å². The lowest BCUT2D eigenvalue weighted by Crippen LogP contribution is -2.14. The summed E-state index contributed by atoms with van der Waals surface area (Å²) in [7, 11) is -3.52. The molecule has 5 nitrogen and oxygen atoms in total. The van der Waals surface area contributed by atoms with Crippen molar-refractivity contribution in [3.05, 3.63) is 41.0 Å². The third kappa shape index (κ3) is 3.81. The Morgan fingerprint density at radius 1 is 1.33 bits per heavy atom. The van der Waals surface area contributed by atoms with E-state index in [1.54, 1.807) is 24.4 Å². The number of nitrogens with one attached hydrogen (secondary N) is 2. The first-order valence-electron chi connectivity index (χ1n) is 6.80. The number of rotatable bonds is 6. The molecule has 0 aromatic carbocycles. The molecule has 3 rings (SSSR count). The molecule has 21 heavy (non-hydrogen) atoms. The van der Waals surface area contributed by atoms with Gasteiger partial charge in [-0.2, -0.15) is 0 Å². The number of hydrogen-bond donors (Lipinski definition) is 2. The summed E-state index contributed by atoms with van der Waals surface area (Å²) in [6, 6.07) is 7.50. The molecule has 0 saturated heterocycles. The number of anilines is 1. The summed E-state index contributed by atoms with van der Waals surface area (Å²) in [6.07, 6.45) is 4.03. The summed E-state index contributed by atoms with van der Waals surface area (Å²) >= 11 is 1.30. The molecule has 0 spiro atoms. The van der Waals surface area contributed by atoms with Crippen LogP contribution in [0.2, 0.25) is 0 Å². The van der Waals surface area contributed by atoms with Gasteiger partial charge >= 0.3 is 0 Å². The largest absolute Gasteiger partial charge is 0.309 e. The monoisotopic (exact) mass is 323 g/mol. The van der Waals surface area contributed by atoms with Gasteiger partial charge in [0.05, 0.1) is 5.69 Å². The standard InChI is InChI=1S/C14H17N3O2S2/c1-10-8-12(6-7-15-10)17-21(18,19)14-5-4-13(20-14)9-16-11-2-3-11/h4-8,11,16H,2-3,9H2,1H3,(H,15,17). The Kier molecular flexibility index (Phi) is 3.97. The zero-order chi connectivity index (χ0) is 14.9. The minimum absolute atomic E-state index is 0.338. The topological polar surface area (TPSA) is 71.1 Å². The van der Waals surface area contributed by atoms with E-state index in [4.69, 9.17) is 0 Å². The lowest BCUT2D eigenvalue weighted by atomic mass is 10.3. The van der Waals surface area contributed by atoms with Gasteiger partial charge in [0.25, 0.3) is 10.0 Å². The molecular weight excluding hydrogens is 306 g/mol. The van der Waals surface area contributed by atoms with Gasteiger partial charge in [0.2, 0.25) is 0 Å². The molecule has 1 saturated carbocycles. The van der Waals surface area contributed by atoms with Gasteiger partial charge in [-0.25, -0.2) is 8.42 Å². The van der Waals surface area contributed by atoms with Crippen molar-refractivity contribution in [3.8, 4) is 0 Å². The fraction of sp³-hybridized carbons (Fsp3) is 0.357. The summed E-state index contributed by atoms with van der Waals surface area (Å²) in [5.74, 6) is 0. The predicted octanol–water partition coefficient (Wildman–Crippen LogP) is 2.50. The third-order valence-corrected chi connectivity index (χ3v) is 6.15. The van der Waals surface area contributed by atoms with Crippen molar-refractivity contribution in [2.75, 3.05) is 4.72 Å². The second kappa shape index (κ2) is 5.75. The van der Waals surface area contributed by atoms with E-state index in [1.807, 2.05) is 13.0 Å². The summed E-state index contributed by atoms with van der Waals surface area (Å²) in [4.78, 5) is 5.09. The summed E-state index contributed by atoms with van der Waals surface area (Å²) in [5.41, 5.74) is 1.31. The van der Waals surface area contributed by atoms with Gasteiger partial charge in [-0.3, -0.25) is 9.71 Å². The van der Waals surface area contributed by atoms with E-state index in [-0.39, 0.29) is 0 Å². The number of pyridine rings is 1. The summed E-state index contributed by atoms with van der Waals surface area (Å²) in [5, 5.41) is 3.38. The molecule has 2 aromatic heterocycles. The van der Waals surface area contributed by atoms with E-state index in [9.17, 15) is 8.42 Å². The normalized spacial score (nSPS) is 15.1. The van der Waals surface area contributed by atoms with Crippen LogP contribution in [0.15, 0.2) is 34.7 Å². The Balaban J connectivity index is 1.71. The van der Waals surface area contributed by atoms with Crippen molar-refractivity contribution in [3.63, 3.8) is 0 Å². The van der Waals surface area contributed by atoms with Crippen LogP contribution in [0.4, 0.5) is 5.69 Å². The first-order valence-corrected chi connectivity index (χ1v) is 9.10. The molecule has 0 amide bonds. The quantitative estimate of drug-likeness (QED) is 0.857. The highest BCUT2D eigenvalue weighted by atomic mass is 32.2. The Morgan fingerprint density at radius 3 is 2.86 bits per heavy atom. The van der Waals surface area contributed by atoms with E-state index < -0.39 is 10.0 Å². The Morgan fingerprint density at radius 2 is 2.14 bits per heavy atom. The molecule has 2 aromatic rings. The Bertz CT molecular complexity index is 736. The first-order chi connectivity index (χ1) is 10.0. The minimum Gasteiger partial charge on any atom is -0.309 e. The van der Waals surface area contributed by atoms with Crippen LogP contribution in [0.3, 0.4) is 0 Å². The first kappa shape index (κ1) is 14.5. The van der Waals surface area contributed by atoms with Crippen LogP contribution >= 0.6 is 11.3 Å². The third-order valence-electron chi connectivity index (χ3n) is 3.19. The predicted molar refractivity (Wildman–Crippen MR) is 84.0 cm³/mol. The smallest absolute Gasteiger partial charge is 0.271 e. The molecule has 1 fully saturated rings. The highest BCUT2D eigenvalue weighted by molar-refractivity contribution is 7.94.